The van der Waals surface area contributed by atoms with Gasteiger partial charge in [-0.3, -0.25) is 0 Å². The normalized spacial score (nSPS) is 10.5. The van der Waals surface area contributed by atoms with Crippen LogP contribution in [0.15, 0.2) is 30.3 Å². The Morgan fingerprint density at radius 1 is 1.29 bits per heavy atom. The van der Waals surface area contributed by atoms with E-state index in [9.17, 15) is 4.39 Å². The van der Waals surface area contributed by atoms with Gasteiger partial charge in [0.1, 0.15) is 17.6 Å². The highest BCUT2D eigenvalue weighted by molar-refractivity contribution is 6.29. The van der Waals surface area contributed by atoms with Gasteiger partial charge in [0.2, 0.25) is 0 Å². The smallest absolute Gasteiger partial charge is 0.156 e. The summed E-state index contributed by atoms with van der Waals surface area (Å²) in [5, 5.41) is 0.269. The zero-order valence-electron chi connectivity index (χ0n) is 9.15. The van der Waals surface area contributed by atoms with Crippen LogP contribution in [-0.2, 0) is 11.3 Å². The molecule has 88 valence electrons. The Labute approximate surface area is 103 Å². The first-order chi connectivity index (χ1) is 8.20. The molecule has 2 rings (SSSR count). The molecule has 0 unspecified atom stereocenters. The van der Waals surface area contributed by atoms with E-state index in [1.54, 1.807) is 18.2 Å². The van der Waals surface area contributed by atoms with Gasteiger partial charge < -0.3 is 4.74 Å². The molecule has 3 nitrogen and oxygen atoms in total. The summed E-state index contributed by atoms with van der Waals surface area (Å²) < 4.78 is 18.5. The number of benzene rings is 1. The highest BCUT2D eigenvalue weighted by Crippen LogP contribution is 2.22. The predicted octanol–water partition coefficient (Wildman–Crippen LogP) is 3.08. The van der Waals surface area contributed by atoms with Crippen molar-refractivity contribution in [1.82, 2.24) is 9.97 Å². The summed E-state index contributed by atoms with van der Waals surface area (Å²) in [7, 11) is 1.53. The number of halogens is 2. The van der Waals surface area contributed by atoms with Crippen LogP contribution in [0, 0.1) is 5.82 Å². The van der Waals surface area contributed by atoms with E-state index < -0.39 is 0 Å². The molecule has 17 heavy (non-hydrogen) atoms. The van der Waals surface area contributed by atoms with Crippen molar-refractivity contribution in [2.45, 2.75) is 6.61 Å². The Morgan fingerprint density at radius 3 is 2.76 bits per heavy atom. The van der Waals surface area contributed by atoms with Crippen LogP contribution in [0.5, 0.6) is 0 Å². The number of methoxy groups -OCH3 is 1. The van der Waals surface area contributed by atoms with E-state index in [-0.39, 0.29) is 17.6 Å². The average Bonchev–Trinajstić information content (AvgIpc) is 2.29. The van der Waals surface area contributed by atoms with Crippen molar-refractivity contribution in [3.63, 3.8) is 0 Å². The molecule has 1 aromatic carbocycles. The Balaban J connectivity index is 2.48. The summed E-state index contributed by atoms with van der Waals surface area (Å²) in [4.78, 5) is 8.18. The summed E-state index contributed by atoms with van der Waals surface area (Å²) in [5.41, 5.74) is 0.851. The Hall–Kier alpha value is -1.52. The minimum Gasteiger partial charge on any atom is -0.377 e. The zero-order valence-corrected chi connectivity index (χ0v) is 9.91. The molecule has 2 aromatic rings. The van der Waals surface area contributed by atoms with E-state index in [2.05, 4.69) is 9.97 Å². The molecule has 0 radical (unpaired) electrons. The molecule has 1 heterocycles. The second kappa shape index (κ2) is 5.21. The van der Waals surface area contributed by atoms with Crippen LogP contribution in [0.4, 0.5) is 4.39 Å². The Morgan fingerprint density at radius 2 is 2.06 bits per heavy atom. The number of nitrogens with zero attached hydrogens (tertiary/aromatic N) is 2. The third-order valence-electron chi connectivity index (χ3n) is 2.16. The van der Waals surface area contributed by atoms with Crippen LogP contribution >= 0.6 is 11.6 Å². The van der Waals surface area contributed by atoms with Crippen molar-refractivity contribution < 1.29 is 9.13 Å². The molecular weight excluding hydrogens is 243 g/mol. The number of hydrogen-bond acceptors (Lipinski definition) is 3. The highest BCUT2D eigenvalue weighted by Gasteiger charge is 2.09. The standard InChI is InChI=1S/C12H10ClFN2O/c1-17-7-12-15-10(6-11(13)16-12)8-4-2-3-5-9(8)14/h2-6H,7H2,1H3. The average molecular weight is 253 g/mol. The van der Waals surface area contributed by atoms with Crippen LogP contribution in [0.2, 0.25) is 5.15 Å². The zero-order chi connectivity index (χ0) is 12.3. The van der Waals surface area contributed by atoms with Gasteiger partial charge in [-0.05, 0) is 12.1 Å². The van der Waals surface area contributed by atoms with Crippen LogP contribution in [-0.4, -0.2) is 17.1 Å². The van der Waals surface area contributed by atoms with Crippen molar-refractivity contribution in [2.24, 2.45) is 0 Å². The molecule has 0 aliphatic rings. The van der Waals surface area contributed by atoms with E-state index in [0.29, 0.717) is 17.1 Å². The van der Waals surface area contributed by atoms with Gasteiger partial charge in [-0.25, -0.2) is 14.4 Å². The molecule has 0 amide bonds. The van der Waals surface area contributed by atoms with Crippen molar-refractivity contribution in [3.05, 3.63) is 47.1 Å². The number of hydrogen-bond donors (Lipinski definition) is 0. The fourth-order valence-corrected chi connectivity index (χ4v) is 1.67. The maximum atomic E-state index is 13.6. The number of ether oxygens (including phenoxy) is 1. The number of aromatic nitrogens is 2. The Bertz CT molecular complexity index is 534. The van der Waals surface area contributed by atoms with Gasteiger partial charge in [0.25, 0.3) is 0 Å². The second-order valence-corrected chi connectivity index (χ2v) is 3.79. The van der Waals surface area contributed by atoms with Gasteiger partial charge in [0.15, 0.2) is 5.82 Å². The predicted molar refractivity (Wildman–Crippen MR) is 63.1 cm³/mol. The Kier molecular flexibility index (Phi) is 3.66. The molecule has 1 aromatic heterocycles. The molecule has 0 aliphatic heterocycles. The minimum atomic E-state index is -0.342. The fraction of sp³-hybridized carbons (Fsp3) is 0.167. The van der Waals surface area contributed by atoms with E-state index >= 15 is 0 Å². The third-order valence-corrected chi connectivity index (χ3v) is 2.36. The first kappa shape index (κ1) is 12.0. The number of rotatable bonds is 3. The maximum absolute atomic E-state index is 13.6. The second-order valence-electron chi connectivity index (χ2n) is 3.40. The summed E-state index contributed by atoms with van der Waals surface area (Å²) >= 11 is 5.86. The molecular formula is C12H10ClFN2O. The highest BCUT2D eigenvalue weighted by atomic mass is 35.5. The summed E-state index contributed by atoms with van der Waals surface area (Å²) in [6.07, 6.45) is 0. The van der Waals surface area contributed by atoms with Crippen molar-refractivity contribution in [3.8, 4) is 11.3 Å². The van der Waals surface area contributed by atoms with Gasteiger partial charge in [-0.15, -0.1) is 0 Å². The molecule has 5 heteroatoms. The van der Waals surface area contributed by atoms with Crippen LogP contribution in [0.1, 0.15) is 5.82 Å². The van der Waals surface area contributed by atoms with Crippen LogP contribution < -0.4 is 0 Å². The molecule has 0 spiro atoms. The molecule has 0 atom stereocenters. The quantitative estimate of drug-likeness (QED) is 0.788. The van der Waals surface area contributed by atoms with E-state index in [4.69, 9.17) is 16.3 Å². The van der Waals surface area contributed by atoms with Crippen LogP contribution in [0.25, 0.3) is 11.3 Å². The summed E-state index contributed by atoms with van der Waals surface area (Å²) in [6, 6.07) is 7.91. The lowest BCUT2D eigenvalue weighted by Gasteiger charge is -2.05. The molecule has 0 saturated heterocycles. The van der Waals surface area contributed by atoms with Crippen LogP contribution in [0.3, 0.4) is 0 Å². The molecule has 0 N–H and O–H groups in total. The summed E-state index contributed by atoms with van der Waals surface area (Å²) in [5.74, 6) is 0.0869. The van der Waals surface area contributed by atoms with E-state index in [1.807, 2.05) is 0 Å². The van der Waals surface area contributed by atoms with Gasteiger partial charge in [0, 0.05) is 18.7 Å². The maximum Gasteiger partial charge on any atom is 0.156 e. The molecule has 0 fully saturated rings. The van der Waals surface area contributed by atoms with Crippen molar-refractivity contribution >= 4 is 11.6 Å². The summed E-state index contributed by atoms with van der Waals surface area (Å²) in [6.45, 7) is 0.238. The SMILES string of the molecule is COCc1nc(Cl)cc(-c2ccccc2F)n1. The topological polar surface area (TPSA) is 35.0 Å². The largest absolute Gasteiger partial charge is 0.377 e. The van der Waals surface area contributed by atoms with Gasteiger partial charge in [-0.1, -0.05) is 23.7 Å². The van der Waals surface area contributed by atoms with Crippen molar-refractivity contribution in [2.75, 3.05) is 7.11 Å². The lowest BCUT2D eigenvalue weighted by Crippen LogP contribution is -1.99. The first-order valence-electron chi connectivity index (χ1n) is 4.98. The van der Waals surface area contributed by atoms with Gasteiger partial charge in [0.05, 0.1) is 5.69 Å². The first-order valence-corrected chi connectivity index (χ1v) is 5.36. The fourth-order valence-electron chi connectivity index (χ4n) is 1.47. The lowest BCUT2D eigenvalue weighted by molar-refractivity contribution is 0.178. The van der Waals surface area contributed by atoms with Gasteiger partial charge >= 0.3 is 0 Å². The van der Waals surface area contributed by atoms with E-state index in [1.165, 1.54) is 19.2 Å². The van der Waals surface area contributed by atoms with Gasteiger partial charge in [-0.2, -0.15) is 0 Å². The molecule has 0 bridgehead atoms. The monoisotopic (exact) mass is 252 g/mol. The molecule has 0 aliphatic carbocycles. The van der Waals surface area contributed by atoms with E-state index in [0.717, 1.165) is 0 Å². The third kappa shape index (κ3) is 2.78. The molecule has 0 saturated carbocycles. The van der Waals surface area contributed by atoms with Crippen molar-refractivity contribution in [1.29, 1.82) is 0 Å². The minimum absolute atomic E-state index is 0.238. The lowest BCUT2D eigenvalue weighted by atomic mass is 10.1.